The van der Waals surface area contributed by atoms with Crippen LogP contribution in [-0.4, -0.2) is 58.7 Å². The maximum atomic E-state index is 14.0. The molecule has 8 heteroatoms. The molecule has 2 aliphatic rings. The van der Waals surface area contributed by atoms with Crippen LogP contribution in [0.15, 0.2) is 6.20 Å². The Morgan fingerprint density at radius 3 is 2.87 bits per heavy atom. The van der Waals surface area contributed by atoms with Crippen LogP contribution in [0.1, 0.15) is 42.1 Å². The summed E-state index contributed by atoms with van der Waals surface area (Å²) in [6.07, 6.45) is 2.28. The van der Waals surface area contributed by atoms with Gasteiger partial charge in [0.05, 0.1) is 12.6 Å². The third-order valence-corrected chi connectivity index (χ3v) is 4.39. The number of aromatic nitrogens is 2. The average Bonchev–Trinajstić information content (AvgIpc) is 3.13. The van der Waals surface area contributed by atoms with Crippen molar-refractivity contribution in [2.75, 3.05) is 26.8 Å². The molecule has 126 valence electrons. The summed E-state index contributed by atoms with van der Waals surface area (Å²) in [6, 6.07) is -0.343. The lowest BCUT2D eigenvalue weighted by molar-refractivity contribution is -0.141. The van der Waals surface area contributed by atoms with Crippen LogP contribution < -0.4 is 5.32 Å². The number of ether oxygens (including phenoxy) is 1. The highest BCUT2D eigenvalue weighted by Gasteiger charge is 2.54. The van der Waals surface area contributed by atoms with Crippen molar-refractivity contribution >= 4 is 11.8 Å². The van der Waals surface area contributed by atoms with Gasteiger partial charge in [0.25, 0.3) is 11.8 Å². The molecule has 0 radical (unpaired) electrons. The molecule has 0 aromatic carbocycles. The summed E-state index contributed by atoms with van der Waals surface area (Å²) in [4.78, 5) is 30.2. The number of halogens is 1. The van der Waals surface area contributed by atoms with Crippen molar-refractivity contribution < 1.29 is 18.7 Å². The van der Waals surface area contributed by atoms with Crippen molar-refractivity contribution in [3.8, 4) is 0 Å². The van der Waals surface area contributed by atoms with Crippen LogP contribution in [0.3, 0.4) is 0 Å². The summed E-state index contributed by atoms with van der Waals surface area (Å²) in [7, 11) is 1.56. The number of hydrogen-bond donors (Lipinski definition) is 1. The monoisotopic (exact) mass is 324 g/mol. The maximum Gasteiger partial charge on any atom is 0.271 e. The third-order valence-electron chi connectivity index (χ3n) is 4.39. The zero-order valence-corrected chi connectivity index (χ0v) is 13.3. The second kappa shape index (κ2) is 5.92. The van der Waals surface area contributed by atoms with E-state index in [1.54, 1.807) is 13.3 Å². The zero-order chi connectivity index (χ0) is 16.6. The van der Waals surface area contributed by atoms with Crippen LogP contribution >= 0.6 is 0 Å². The van der Waals surface area contributed by atoms with Crippen LogP contribution in [-0.2, 0) is 16.1 Å². The number of hydrogen-bond acceptors (Lipinski definition) is 4. The predicted octanol–water partition coefficient (Wildman–Crippen LogP) is 0.665. The van der Waals surface area contributed by atoms with Gasteiger partial charge in [-0.1, -0.05) is 0 Å². The normalized spacial score (nSPS) is 21.7. The van der Waals surface area contributed by atoms with Crippen molar-refractivity contribution in [1.29, 1.82) is 0 Å². The highest BCUT2D eigenvalue weighted by molar-refractivity contribution is 5.92. The standard InChI is InChI=1S/C15H21FN4O3/c1-10-12-18-11(13(21)17-5-8-23-2)9-19(12)6-7-20(10)14(22)15(16)3-4-15/h9-10H,3-8H2,1-2H3,(H,17,21). The minimum atomic E-state index is -1.68. The van der Waals surface area contributed by atoms with Gasteiger partial charge in [0.2, 0.25) is 0 Å². The highest BCUT2D eigenvalue weighted by atomic mass is 19.1. The summed E-state index contributed by atoms with van der Waals surface area (Å²) in [6.45, 7) is 3.59. The third kappa shape index (κ3) is 2.95. The number of rotatable bonds is 5. The number of imidazole rings is 1. The lowest BCUT2D eigenvalue weighted by atomic mass is 10.1. The Morgan fingerprint density at radius 2 is 2.22 bits per heavy atom. The van der Waals surface area contributed by atoms with Crippen molar-refractivity contribution in [2.45, 2.75) is 38.0 Å². The van der Waals surface area contributed by atoms with Crippen molar-refractivity contribution in [3.63, 3.8) is 0 Å². The number of amides is 2. The van der Waals surface area contributed by atoms with Gasteiger partial charge in [-0.2, -0.15) is 0 Å². The van der Waals surface area contributed by atoms with E-state index in [4.69, 9.17) is 4.74 Å². The highest BCUT2D eigenvalue weighted by Crippen LogP contribution is 2.43. The molecule has 0 bridgehead atoms. The van der Waals surface area contributed by atoms with E-state index in [1.807, 2.05) is 11.5 Å². The van der Waals surface area contributed by atoms with E-state index < -0.39 is 11.6 Å². The van der Waals surface area contributed by atoms with E-state index >= 15 is 0 Å². The van der Waals surface area contributed by atoms with Gasteiger partial charge in [0.15, 0.2) is 5.67 Å². The second-order valence-electron chi connectivity index (χ2n) is 6.07. The van der Waals surface area contributed by atoms with E-state index in [0.29, 0.717) is 50.6 Å². The Morgan fingerprint density at radius 1 is 1.48 bits per heavy atom. The molecule has 1 fully saturated rings. The molecule has 1 aromatic heterocycles. The molecular formula is C15H21FN4O3. The molecule has 1 saturated carbocycles. The Kier molecular flexibility index (Phi) is 4.09. The summed E-state index contributed by atoms with van der Waals surface area (Å²) in [5.74, 6) is -0.116. The number of fused-ring (bicyclic) bond motifs is 1. The summed E-state index contributed by atoms with van der Waals surface area (Å²) >= 11 is 0. The molecule has 1 N–H and O–H groups in total. The first-order valence-corrected chi connectivity index (χ1v) is 7.80. The molecule has 7 nitrogen and oxygen atoms in total. The Balaban J connectivity index is 1.72. The topological polar surface area (TPSA) is 76.5 Å². The minimum absolute atomic E-state index is 0.279. The van der Waals surface area contributed by atoms with Gasteiger partial charge in [-0.15, -0.1) is 0 Å². The molecule has 23 heavy (non-hydrogen) atoms. The minimum Gasteiger partial charge on any atom is -0.383 e. The fourth-order valence-electron chi connectivity index (χ4n) is 2.82. The van der Waals surface area contributed by atoms with Crippen molar-refractivity contribution in [3.05, 3.63) is 17.7 Å². The molecule has 1 aliphatic heterocycles. The zero-order valence-electron chi connectivity index (χ0n) is 13.3. The van der Waals surface area contributed by atoms with Gasteiger partial charge >= 0.3 is 0 Å². The molecule has 1 atom stereocenters. The van der Waals surface area contributed by atoms with Gasteiger partial charge in [-0.3, -0.25) is 9.59 Å². The van der Waals surface area contributed by atoms with Crippen LogP contribution in [0.5, 0.6) is 0 Å². The van der Waals surface area contributed by atoms with Crippen LogP contribution in [0.2, 0.25) is 0 Å². The largest absolute Gasteiger partial charge is 0.383 e. The van der Waals surface area contributed by atoms with Gasteiger partial charge < -0.3 is 19.5 Å². The molecule has 0 saturated heterocycles. The van der Waals surface area contributed by atoms with Crippen LogP contribution in [0.4, 0.5) is 4.39 Å². The summed E-state index contributed by atoms with van der Waals surface area (Å²) in [5, 5.41) is 2.71. The average molecular weight is 324 g/mol. The molecular weight excluding hydrogens is 303 g/mol. The molecule has 2 heterocycles. The molecule has 1 aromatic rings. The molecule has 0 spiro atoms. The van der Waals surface area contributed by atoms with Gasteiger partial charge in [0, 0.05) is 32.9 Å². The Hall–Kier alpha value is -1.96. The van der Waals surface area contributed by atoms with Gasteiger partial charge in [-0.25, -0.2) is 9.37 Å². The number of carbonyl (C=O) groups excluding carboxylic acids is 2. The van der Waals surface area contributed by atoms with E-state index in [-0.39, 0.29) is 11.9 Å². The lowest BCUT2D eigenvalue weighted by Gasteiger charge is -2.34. The van der Waals surface area contributed by atoms with Gasteiger partial charge in [0.1, 0.15) is 11.5 Å². The predicted molar refractivity (Wildman–Crippen MR) is 79.6 cm³/mol. The SMILES string of the molecule is COCCNC(=O)c1cn2c(n1)C(C)N(C(=O)C1(F)CC1)CC2. The number of nitrogens with one attached hydrogen (secondary N) is 1. The first-order valence-electron chi connectivity index (χ1n) is 7.80. The van der Waals surface area contributed by atoms with E-state index in [9.17, 15) is 14.0 Å². The van der Waals surface area contributed by atoms with E-state index in [0.717, 1.165) is 0 Å². The Labute approximate surface area is 133 Å². The fraction of sp³-hybridized carbons (Fsp3) is 0.667. The molecule has 1 aliphatic carbocycles. The number of carbonyl (C=O) groups is 2. The molecule has 3 rings (SSSR count). The quantitative estimate of drug-likeness (QED) is 0.808. The number of nitrogens with zero attached hydrogens (tertiary/aromatic N) is 3. The van der Waals surface area contributed by atoms with E-state index in [1.165, 1.54) is 4.90 Å². The number of methoxy groups -OCH3 is 1. The second-order valence-corrected chi connectivity index (χ2v) is 6.07. The summed E-state index contributed by atoms with van der Waals surface area (Å²) in [5.41, 5.74) is -1.37. The molecule has 2 amide bonds. The first kappa shape index (κ1) is 15.9. The summed E-state index contributed by atoms with van der Waals surface area (Å²) < 4.78 is 20.8. The number of alkyl halides is 1. The van der Waals surface area contributed by atoms with Gasteiger partial charge in [-0.05, 0) is 19.8 Å². The fourth-order valence-corrected chi connectivity index (χ4v) is 2.82. The first-order chi connectivity index (χ1) is 11.0. The smallest absolute Gasteiger partial charge is 0.271 e. The lowest BCUT2D eigenvalue weighted by Crippen LogP contribution is -2.45. The molecule has 1 unspecified atom stereocenters. The van der Waals surface area contributed by atoms with Crippen LogP contribution in [0, 0.1) is 0 Å². The van der Waals surface area contributed by atoms with Crippen molar-refractivity contribution in [2.24, 2.45) is 0 Å². The van der Waals surface area contributed by atoms with E-state index in [2.05, 4.69) is 10.3 Å². The van der Waals surface area contributed by atoms with Crippen molar-refractivity contribution in [1.82, 2.24) is 19.8 Å². The Bertz CT molecular complexity index is 626. The maximum absolute atomic E-state index is 14.0. The van der Waals surface area contributed by atoms with Crippen LogP contribution in [0.25, 0.3) is 0 Å².